The zero-order chi connectivity index (χ0) is 16.2. The number of nitrogens with one attached hydrogen (secondary N) is 1. The Balaban J connectivity index is 0. The standard InChI is InChI=1S/C7H14N2O2.C5H10O2.C2H6/c1-2-11-7(10)6-3-5(8)4-9-6;1-5(2,3)7-4-6;1-2/h5-6,9H,2-4,8H2,1H3;4H,1-3H3;1-2H3. The summed E-state index contributed by atoms with van der Waals surface area (Å²) >= 11 is 0. The van der Waals surface area contributed by atoms with Gasteiger partial charge in [-0.1, -0.05) is 13.8 Å². The molecule has 0 aliphatic carbocycles. The number of hydrogen-bond acceptors (Lipinski definition) is 6. The van der Waals surface area contributed by atoms with Crippen molar-refractivity contribution in [3.05, 3.63) is 0 Å². The molecule has 1 rings (SSSR count). The van der Waals surface area contributed by atoms with E-state index in [1.807, 2.05) is 34.6 Å². The van der Waals surface area contributed by atoms with E-state index in [0.717, 1.165) is 0 Å². The smallest absolute Gasteiger partial charge is 0.323 e. The van der Waals surface area contributed by atoms with Crippen LogP contribution in [0.1, 0.15) is 48.0 Å². The Kier molecular flexibility index (Phi) is 12.3. The number of nitrogens with two attached hydrogens (primary N) is 1. The molecule has 0 radical (unpaired) electrons. The average Bonchev–Trinajstić information content (AvgIpc) is 2.78. The number of ether oxygens (including phenoxy) is 2. The number of esters is 1. The Morgan fingerprint density at radius 1 is 1.40 bits per heavy atom. The van der Waals surface area contributed by atoms with Crippen LogP contribution in [0.3, 0.4) is 0 Å². The zero-order valence-electron chi connectivity index (χ0n) is 13.6. The molecular formula is C14H30N2O4. The van der Waals surface area contributed by atoms with Gasteiger partial charge in [-0.25, -0.2) is 0 Å². The fourth-order valence-corrected chi connectivity index (χ4v) is 1.33. The second-order valence-corrected chi connectivity index (χ2v) is 5.04. The van der Waals surface area contributed by atoms with Crippen molar-refractivity contribution in [3.8, 4) is 0 Å². The minimum atomic E-state index is -0.318. The van der Waals surface area contributed by atoms with Crippen LogP contribution in [0.25, 0.3) is 0 Å². The summed E-state index contributed by atoms with van der Waals surface area (Å²) in [5.74, 6) is -0.180. The second-order valence-electron chi connectivity index (χ2n) is 5.04. The lowest BCUT2D eigenvalue weighted by Crippen LogP contribution is -2.32. The van der Waals surface area contributed by atoms with Crippen molar-refractivity contribution in [1.29, 1.82) is 0 Å². The fraction of sp³-hybridized carbons (Fsp3) is 0.857. The summed E-state index contributed by atoms with van der Waals surface area (Å²) in [6.45, 7) is 12.9. The monoisotopic (exact) mass is 290 g/mol. The van der Waals surface area contributed by atoms with Gasteiger partial charge in [0.25, 0.3) is 6.47 Å². The Bertz CT molecular complexity index is 264. The molecule has 1 heterocycles. The van der Waals surface area contributed by atoms with Gasteiger partial charge in [-0.2, -0.15) is 0 Å². The van der Waals surface area contributed by atoms with Gasteiger partial charge < -0.3 is 20.5 Å². The first-order chi connectivity index (χ1) is 9.30. The number of carbonyl (C=O) groups is 2. The molecule has 20 heavy (non-hydrogen) atoms. The van der Waals surface area contributed by atoms with Crippen molar-refractivity contribution in [2.45, 2.75) is 65.6 Å². The molecule has 0 saturated carbocycles. The molecule has 0 amide bonds. The first kappa shape index (κ1) is 21.2. The van der Waals surface area contributed by atoms with E-state index < -0.39 is 0 Å². The zero-order valence-corrected chi connectivity index (χ0v) is 13.6. The predicted octanol–water partition coefficient (Wildman–Crippen LogP) is 1.22. The minimum absolute atomic E-state index is 0.101. The van der Waals surface area contributed by atoms with Crippen molar-refractivity contribution in [1.82, 2.24) is 5.32 Å². The van der Waals surface area contributed by atoms with E-state index in [4.69, 9.17) is 10.5 Å². The van der Waals surface area contributed by atoms with Crippen molar-refractivity contribution in [2.75, 3.05) is 13.2 Å². The van der Waals surface area contributed by atoms with Crippen LogP contribution in [-0.2, 0) is 19.1 Å². The molecule has 0 spiro atoms. The van der Waals surface area contributed by atoms with Gasteiger partial charge in [-0.3, -0.25) is 9.59 Å². The molecule has 2 unspecified atom stereocenters. The minimum Gasteiger partial charge on any atom is -0.465 e. The highest BCUT2D eigenvalue weighted by atomic mass is 16.5. The molecule has 1 fully saturated rings. The lowest BCUT2D eigenvalue weighted by Gasteiger charge is -2.14. The fourth-order valence-electron chi connectivity index (χ4n) is 1.33. The van der Waals surface area contributed by atoms with Crippen molar-refractivity contribution >= 4 is 12.4 Å². The largest absolute Gasteiger partial charge is 0.465 e. The van der Waals surface area contributed by atoms with E-state index in [1.165, 1.54) is 0 Å². The van der Waals surface area contributed by atoms with Gasteiger partial charge in [-0.05, 0) is 34.1 Å². The summed E-state index contributed by atoms with van der Waals surface area (Å²) in [4.78, 5) is 20.6. The number of hydrogen-bond donors (Lipinski definition) is 2. The Morgan fingerprint density at radius 3 is 2.20 bits per heavy atom. The van der Waals surface area contributed by atoms with Crippen LogP contribution >= 0.6 is 0 Å². The number of rotatable bonds is 3. The Morgan fingerprint density at radius 2 is 1.95 bits per heavy atom. The molecule has 1 saturated heterocycles. The van der Waals surface area contributed by atoms with Crippen LogP contribution in [-0.4, -0.2) is 43.3 Å². The highest BCUT2D eigenvalue weighted by molar-refractivity contribution is 5.76. The van der Waals surface area contributed by atoms with Crippen LogP contribution in [0, 0.1) is 0 Å². The van der Waals surface area contributed by atoms with E-state index in [0.29, 0.717) is 26.0 Å². The van der Waals surface area contributed by atoms with Crippen LogP contribution in [0.5, 0.6) is 0 Å². The van der Waals surface area contributed by atoms with E-state index >= 15 is 0 Å². The van der Waals surface area contributed by atoms with Gasteiger partial charge in [0.15, 0.2) is 0 Å². The molecule has 6 heteroatoms. The average molecular weight is 290 g/mol. The maximum absolute atomic E-state index is 11.1. The summed E-state index contributed by atoms with van der Waals surface area (Å²) in [6.07, 6.45) is 0.693. The molecule has 2 atom stereocenters. The maximum atomic E-state index is 11.1. The van der Waals surface area contributed by atoms with E-state index in [1.54, 1.807) is 6.92 Å². The van der Waals surface area contributed by atoms with Crippen molar-refractivity contribution in [2.24, 2.45) is 5.73 Å². The molecular weight excluding hydrogens is 260 g/mol. The predicted molar refractivity (Wildman–Crippen MR) is 79.3 cm³/mol. The first-order valence-corrected chi connectivity index (χ1v) is 7.07. The van der Waals surface area contributed by atoms with Gasteiger partial charge in [0.05, 0.1) is 6.61 Å². The van der Waals surface area contributed by atoms with E-state index in [2.05, 4.69) is 10.1 Å². The van der Waals surface area contributed by atoms with E-state index in [9.17, 15) is 9.59 Å². The van der Waals surface area contributed by atoms with Crippen molar-refractivity contribution in [3.63, 3.8) is 0 Å². The molecule has 1 aliphatic rings. The summed E-state index contributed by atoms with van der Waals surface area (Å²) in [5.41, 5.74) is 5.27. The molecule has 0 aromatic heterocycles. The first-order valence-electron chi connectivity index (χ1n) is 7.07. The lowest BCUT2D eigenvalue weighted by atomic mass is 10.2. The maximum Gasteiger partial charge on any atom is 0.323 e. The van der Waals surface area contributed by atoms with Crippen LogP contribution < -0.4 is 11.1 Å². The highest BCUT2D eigenvalue weighted by Crippen LogP contribution is 2.05. The quantitative estimate of drug-likeness (QED) is 0.600. The Hall–Kier alpha value is -1.14. The summed E-state index contributed by atoms with van der Waals surface area (Å²) in [7, 11) is 0. The molecule has 0 bridgehead atoms. The third-order valence-corrected chi connectivity index (χ3v) is 2.14. The molecule has 0 aromatic rings. The lowest BCUT2D eigenvalue weighted by molar-refractivity contribution is -0.145. The second kappa shape index (κ2) is 11.7. The van der Waals surface area contributed by atoms with Gasteiger partial charge >= 0.3 is 5.97 Å². The normalized spacial score (nSPS) is 20.8. The summed E-state index contributed by atoms with van der Waals surface area (Å²) in [5, 5.41) is 2.99. The van der Waals surface area contributed by atoms with Crippen LogP contribution in [0.15, 0.2) is 0 Å². The SMILES string of the molecule is CC.CC(C)(C)OC=O.CCOC(=O)C1CC(N)CN1. The topological polar surface area (TPSA) is 90.7 Å². The van der Waals surface area contributed by atoms with Gasteiger partial charge in [0, 0.05) is 12.6 Å². The molecule has 3 N–H and O–H groups in total. The summed E-state index contributed by atoms with van der Waals surface area (Å²) in [6, 6.07) is -0.0747. The molecule has 120 valence electrons. The van der Waals surface area contributed by atoms with Gasteiger partial charge in [0.2, 0.25) is 0 Å². The highest BCUT2D eigenvalue weighted by Gasteiger charge is 2.27. The third-order valence-electron chi connectivity index (χ3n) is 2.14. The van der Waals surface area contributed by atoms with Crippen molar-refractivity contribution < 1.29 is 19.1 Å². The van der Waals surface area contributed by atoms with Gasteiger partial charge in [0.1, 0.15) is 11.6 Å². The van der Waals surface area contributed by atoms with E-state index in [-0.39, 0.29) is 23.7 Å². The number of carbonyl (C=O) groups excluding carboxylic acids is 2. The van der Waals surface area contributed by atoms with Gasteiger partial charge in [-0.15, -0.1) is 0 Å². The van der Waals surface area contributed by atoms with Crippen LogP contribution in [0.4, 0.5) is 0 Å². The molecule has 1 aliphatic heterocycles. The molecule has 0 aromatic carbocycles. The summed E-state index contributed by atoms with van der Waals surface area (Å²) < 4.78 is 9.37. The van der Waals surface area contributed by atoms with Crippen LogP contribution in [0.2, 0.25) is 0 Å². The molecule has 6 nitrogen and oxygen atoms in total. The Labute approximate surface area is 122 Å². The third kappa shape index (κ3) is 11.9.